The van der Waals surface area contributed by atoms with Gasteiger partial charge in [0, 0.05) is 12.5 Å². The van der Waals surface area contributed by atoms with E-state index in [9.17, 15) is 19.1 Å². The highest BCUT2D eigenvalue weighted by Gasteiger charge is 2.24. The second-order valence-corrected chi connectivity index (χ2v) is 6.94. The van der Waals surface area contributed by atoms with Crippen LogP contribution in [-0.2, 0) is 16.0 Å². The Kier molecular flexibility index (Phi) is 6.39. The number of carbonyl (C=O) groups excluding carboxylic acids is 1. The van der Waals surface area contributed by atoms with Gasteiger partial charge in [-0.2, -0.15) is 0 Å². The van der Waals surface area contributed by atoms with Crippen molar-refractivity contribution < 1.29 is 28.6 Å². The van der Waals surface area contributed by atoms with E-state index in [1.165, 1.54) is 12.1 Å². The monoisotopic (exact) mass is 375 g/mol. The van der Waals surface area contributed by atoms with Crippen LogP contribution in [0, 0.1) is 5.82 Å². The van der Waals surface area contributed by atoms with Gasteiger partial charge in [-0.1, -0.05) is 18.2 Å². The van der Waals surface area contributed by atoms with Gasteiger partial charge in [0.25, 0.3) is 0 Å². The SMILES string of the molecule is CC(C)(C)OC(=O)N[C@H](Cc1ccc(Oc2cccc(F)c2)cc1)C(=O)O. The minimum absolute atomic E-state index is 0.0782. The minimum atomic E-state index is -1.17. The van der Waals surface area contributed by atoms with Gasteiger partial charge >= 0.3 is 12.1 Å². The number of carboxylic acids is 1. The molecule has 0 bridgehead atoms. The van der Waals surface area contributed by atoms with Crippen LogP contribution < -0.4 is 10.1 Å². The Hall–Kier alpha value is -3.09. The van der Waals surface area contributed by atoms with Crippen LogP contribution >= 0.6 is 0 Å². The van der Waals surface area contributed by atoms with Gasteiger partial charge < -0.3 is 19.9 Å². The maximum absolute atomic E-state index is 13.2. The van der Waals surface area contributed by atoms with Crippen molar-refractivity contribution in [1.29, 1.82) is 0 Å². The quantitative estimate of drug-likeness (QED) is 0.793. The number of halogens is 1. The lowest BCUT2D eigenvalue weighted by atomic mass is 10.1. The standard InChI is InChI=1S/C20H22FNO5/c1-20(2,3)27-19(25)22-17(18(23)24)11-13-7-9-15(10-8-13)26-16-6-4-5-14(21)12-16/h4-10,12,17H,11H2,1-3H3,(H,22,25)(H,23,24)/t17-/m1/s1. The molecule has 0 fully saturated rings. The third kappa shape index (κ3) is 6.97. The Morgan fingerprint density at radius 3 is 2.33 bits per heavy atom. The van der Waals surface area contributed by atoms with E-state index < -0.39 is 29.5 Å². The molecule has 0 aliphatic heterocycles. The van der Waals surface area contributed by atoms with E-state index in [4.69, 9.17) is 9.47 Å². The summed E-state index contributed by atoms with van der Waals surface area (Å²) in [5, 5.41) is 11.7. The van der Waals surface area contributed by atoms with E-state index >= 15 is 0 Å². The lowest BCUT2D eigenvalue weighted by Gasteiger charge is -2.22. The van der Waals surface area contributed by atoms with E-state index in [-0.39, 0.29) is 6.42 Å². The Balaban J connectivity index is 2.00. The molecule has 0 radical (unpaired) electrons. The fraction of sp³-hybridized carbons (Fsp3) is 0.300. The lowest BCUT2D eigenvalue weighted by molar-refractivity contribution is -0.139. The lowest BCUT2D eigenvalue weighted by Crippen LogP contribution is -2.44. The van der Waals surface area contributed by atoms with Crippen LogP contribution in [0.5, 0.6) is 11.5 Å². The largest absolute Gasteiger partial charge is 0.480 e. The zero-order chi connectivity index (χ0) is 20.0. The molecule has 6 nitrogen and oxygen atoms in total. The molecule has 0 unspecified atom stereocenters. The Labute approximate surface area is 156 Å². The first kappa shape index (κ1) is 20.2. The van der Waals surface area contributed by atoms with Gasteiger partial charge in [-0.25, -0.2) is 14.0 Å². The van der Waals surface area contributed by atoms with Crippen molar-refractivity contribution >= 4 is 12.1 Å². The first-order valence-electron chi connectivity index (χ1n) is 8.37. The first-order valence-corrected chi connectivity index (χ1v) is 8.37. The summed E-state index contributed by atoms with van der Waals surface area (Å²) in [7, 11) is 0. The van der Waals surface area contributed by atoms with Crippen molar-refractivity contribution in [2.24, 2.45) is 0 Å². The van der Waals surface area contributed by atoms with Gasteiger partial charge in [-0.15, -0.1) is 0 Å². The molecule has 0 aromatic heterocycles. The maximum Gasteiger partial charge on any atom is 0.408 e. The van der Waals surface area contributed by atoms with E-state index in [0.29, 0.717) is 17.1 Å². The molecule has 0 aliphatic rings. The molecule has 0 spiro atoms. The zero-order valence-electron chi connectivity index (χ0n) is 15.4. The Morgan fingerprint density at radius 2 is 1.78 bits per heavy atom. The molecule has 2 aromatic rings. The van der Waals surface area contributed by atoms with E-state index in [0.717, 1.165) is 0 Å². The third-order valence-electron chi connectivity index (χ3n) is 3.38. The first-order chi connectivity index (χ1) is 12.6. The highest BCUT2D eigenvalue weighted by Crippen LogP contribution is 2.22. The Bertz CT molecular complexity index is 799. The molecule has 2 N–H and O–H groups in total. The van der Waals surface area contributed by atoms with Crippen molar-refractivity contribution in [1.82, 2.24) is 5.32 Å². The highest BCUT2D eigenvalue weighted by molar-refractivity contribution is 5.80. The molecule has 0 aliphatic carbocycles. The van der Waals surface area contributed by atoms with Gasteiger partial charge in [-0.3, -0.25) is 0 Å². The number of hydrogen-bond acceptors (Lipinski definition) is 4. The molecular formula is C20H22FNO5. The average Bonchev–Trinajstić information content (AvgIpc) is 2.54. The zero-order valence-corrected chi connectivity index (χ0v) is 15.4. The number of aliphatic carboxylic acids is 1. The fourth-order valence-electron chi connectivity index (χ4n) is 2.25. The normalized spacial score (nSPS) is 12.1. The molecule has 7 heteroatoms. The molecule has 1 amide bonds. The van der Waals surface area contributed by atoms with Crippen molar-refractivity contribution in [2.45, 2.75) is 38.8 Å². The number of alkyl carbamates (subject to hydrolysis) is 1. The van der Waals surface area contributed by atoms with Gasteiger partial charge in [0.1, 0.15) is 29.0 Å². The number of benzene rings is 2. The third-order valence-corrected chi connectivity index (χ3v) is 3.38. The smallest absolute Gasteiger partial charge is 0.408 e. The van der Waals surface area contributed by atoms with Gasteiger partial charge in [0.05, 0.1) is 0 Å². The van der Waals surface area contributed by atoms with Gasteiger partial charge in [0.15, 0.2) is 0 Å². The van der Waals surface area contributed by atoms with Crippen LogP contribution in [0.2, 0.25) is 0 Å². The number of hydrogen-bond donors (Lipinski definition) is 2. The molecule has 2 aromatic carbocycles. The predicted molar refractivity (Wildman–Crippen MR) is 97.4 cm³/mol. The summed E-state index contributed by atoms with van der Waals surface area (Å²) in [6.07, 6.45) is -0.713. The van der Waals surface area contributed by atoms with Crippen molar-refractivity contribution in [2.75, 3.05) is 0 Å². The topological polar surface area (TPSA) is 84.9 Å². The molecule has 0 saturated heterocycles. The number of carboxylic acid groups (broad SMARTS) is 1. The van der Waals surface area contributed by atoms with Crippen LogP contribution in [-0.4, -0.2) is 28.8 Å². The molecule has 2 rings (SSSR count). The highest BCUT2D eigenvalue weighted by atomic mass is 19.1. The maximum atomic E-state index is 13.2. The molecule has 1 atom stereocenters. The summed E-state index contributed by atoms with van der Waals surface area (Å²) in [5.41, 5.74) is -0.0340. The molecular weight excluding hydrogens is 353 g/mol. The summed E-state index contributed by atoms with van der Waals surface area (Å²) >= 11 is 0. The van der Waals surface area contributed by atoms with E-state index in [1.54, 1.807) is 57.2 Å². The predicted octanol–water partition coefficient (Wildman–Crippen LogP) is 4.14. The molecule has 0 saturated carbocycles. The number of nitrogens with one attached hydrogen (secondary N) is 1. The van der Waals surface area contributed by atoms with Crippen molar-refractivity contribution in [3.05, 3.63) is 59.9 Å². The molecule has 0 heterocycles. The van der Waals surface area contributed by atoms with Crippen molar-refractivity contribution in [3.63, 3.8) is 0 Å². The van der Waals surface area contributed by atoms with Crippen LogP contribution in [0.25, 0.3) is 0 Å². The second kappa shape index (κ2) is 8.53. The minimum Gasteiger partial charge on any atom is -0.480 e. The second-order valence-electron chi connectivity index (χ2n) is 6.94. The average molecular weight is 375 g/mol. The number of carbonyl (C=O) groups is 2. The van der Waals surface area contributed by atoms with Crippen LogP contribution in [0.1, 0.15) is 26.3 Å². The van der Waals surface area contributed by atoms with Gasteiger partial charge in [-0.05, 0) is 50.6 Å². The summed E-state index contributed by atoms with van der Waals surface area (Å²) < 4.78 is 23.8. The van der Waals surface area contributed by atoms with Crippen LogP contribution in [0.4, 0.5) is 9.18 Å². The summed E-state index contributed by atoms with van der Waals surface area (Å²) in [6.45, 7) is 5.08. The summed E-state index contributed by atoms with van der Waals surface area (Å²) in [5.74, 6) is -0.725. The number of rotatable bonds is 6. The summed E-state index contributed by atoms with van der Waals surface area (Å²) in [4.78, 5) is 23.2. The summed E-state index contributed by atoms with van der Waals surface area (Å²) in [6, 6.07) is 11.3. The fourth-order valence-corrected chi connectivity index (χ4v) is 2.25. The number of amides is 1. The van der Waals surface area contributed by atoms with E-state index in [1.807, 2.05) is 0 Å². The van der Waals surface area contributed by atoms with E-state index in [2.05, 4.69) is 5.32 Å². The van der Waals surface area contributed by atoms with Crippen LogP contribution in [0.15, 0.2) is 48.5 Å². The van der Waals surface area contributed by atoms with Gasteiger partial charge in [0.2, 0.25) is 0 Å². The van der Waals surface area contributed by atoms with Crippen LogP contribution in [0.3, 0.4) is 0 Å². The van der Waals surface area contributed by atoms with Crippen molar-refractivity contribution in [3.8, 4) is 11.5 Å². The molecule has 144 valence electrons. The molecule has 27 heavy (non-hydrogen) atoms. The number of ether oxygens (including phenoxy) is 2. The Morgan fingerprint density at radius 1 is 1.11 bits per heavy atom.